The first-order valence-electron chi connectivity index (χ1n) is 6.34. The number of nitrogens with zero attached hydrogens (tertiary/aromatic N) is 3. The van der Waals surface area contributed by atoms with Crippen molar-refractivity contribution < 1.29 is 13.9 Å². The second-order valence-electron chi connectivity index (χ2n) is 4.18. The number of benzene rings is 2. The molecule has 0 saturated heterocycles. The van der Waals surface area contributed by atoms with Gasteiger partial charge in [-0.2, -0.15) is 15.6 Å². The summed E-state index contributed by atoms with van der Waals surface area (Å²) in [6, 6.07) is 14.5. The van der Waals surface area contributed by atoms with E-state index in [0.29, 0.717) is 0 Å². The zero-order chi connectivity index (χ0) is 16.7. The number of carbonyl (C=O) groups is 1. The number of hydrogen-bond acceptors (Lipinski definition) is 6. The van der Waals surface area contributed by atoms with Gasteiger partial charge in [-0.3, -0.25) is 5.43 Å². The number of nitriles is 2. The van der Waals surface area contributed by atoms with Crippen molar-refractivity contribution in [2.75, 3.05) is 5.43 Å². The first-order chi connectivity index (χ1) is 11.1. The number of esters is 1. The van der Waals surface area contributed by atoms with Crippen molar-refractivity contribution in [3.8, 4) is 17.9 Å². The topological polar surface area (TPSA) is 98.3 Å². The van der Waals surface area contributed by atoms with Gasteiger partial charge in [-0.15, -0.1) is 0 Å². The van der Waals surface area contributed by atoms with Crippen molar-refractivity contribution in [1.82, 2.24) is 0 Å². The van der Waals surface area contributed by atoms with E-state index in [2.05, 4.69) is 10.5 Å². The molecule has 7 heteroatoms. The fourth-order valence-corrected chi connectivity index (χ4v) is 1.61. The van der Waals surface area contributed by atoms with Crippen LogP contribution in [0.15, 0.2) is 53.6 Å². The third-order valence-corrected chi connectivity index (χ3v) is 2.67. The average molecular weight is 308 g/mol. The molecule has 2 rings (SSSR count). The van der Waals surface area contributed by atoms with Gasteiger partial charge in [0.05, 0.1) is 11.3 Å². The Morgan fingerprint density at radius 3 is 2.39 bits per heavy atom. The van der Waals surface area contributed by atoms with Crippen LogP contribution >= 0.6 is 0 Å². The molecule has 0 heterocycles. The van der Waals surface area contributed by atoms with Crippen LogP contribution in [-0.4, -0.2) is 11.7 Å². The number of ether oxygens (including phenoxy) is 1. The minimum absolute atomic E-state index is 0.149. The first-order valence-corrected chi connectivity index (χ1v) is 6.34. The average Bonchev–Trinajstić information content (AvgIpc) is 2.58. The molecular weight excluding hydrogens is 299 g/mol. The molecule has 0 fully saturated rings. The molecule has 0 saturated carbocycles. The lowest BCUT2D eigenvalue weighted by Gasteiger charge is -2.08. The molecule has 0 atom stereocenters. The molecule has 2 aromatic carbocycles. The fourth-order valence-electron chi connectivity index (χ4n) is 1.61. The molecule has 0 spiro atoms. The van der Waals surface area contributed by atoms with E-state index in [1.807, 2.05) is 0 Å². The van der Waals surface area contributed by atoms with Gasteiger partial charge >= 0.3 is 5.97 Å². The van der Waals surface area contributed by atoms with Gasteiger partial charge in [0.15, 0.2) is 0 Å². The molecule has 0 amide bonds. The molecule has 0 bridgehead atoms. The summed E-state index contributed by atoms with van der Waals surface area (Å²) in [5.74, 6) is -0.948. The van der Waals surface area contributed by atoms with E-state index in [0.717, 1.165) is 0 Å². The Bertz CT molecular complexity index is 816. The summed E-state index contributed by atoms with van der Waals surface area (Å²) in [4.78, 5) is 12.2. The first kappa shape index (κ1) is 15.7. The summed E-state index contributed by atoms with van der Waals surface area (Å²) in [7, 11) is 0. The van der Waals surface area contributed by atoms with E-state index in [4.69, 9.17) is 15.3 Å². The van der Waals surface area contributed by atoms with E-state index in [1.165, 1.54) is 36.4 Å². The molecule has 0 aliphatic rings. The van der Waals surface area contributed by atoms with Crippen molar-refractivity contribution in [2.24, 2.45) is 5.10 Å². The van der Waals surface area contributed by atoms with E-state index in [1.54, 1.807) is 24.3 Å². The summed E-state index contributed by atoms with van der Waals surface area (Å²) in [5.41, 5.74) is 2.51. The predicted molar refractivity (Wildman–Crippen MR) is 80.1 cm³/mol. The van der Waals surface area contributed by atoms with Gasteiger partial charge in [0.1, 0.15) is 23.7 Å². The van der Waals surface area contributed by atoms with Gasteiger partial charge in [0, 0.05) is 0 Å². The molecule has 0 aliphatic carbocycles. The van der Waals surface area contributed by atoms with Crippen LogP contribution in [0, 0.1) is 28.5 Å². The van der Waals surface area contributed by atoms with Crippen molar-refractivity contribution in [2.45, 2.75) is 0 Å². The summed E-state index contributed by atoms with van der Waals surface area (Å²) in [6.45, 7) is 0. The Kier molecular flexibility index (Phi) is 5.00. The third kappa shape index (κ3) is 4.13. The molecule has 0 aliphatic heterocycles. The van der Waals surface area contributed by atoms with Crippen LogP contribution in [0.1, 0.15) is 10.4 Å². The van der Waals surface area contributed by atoms with Gasteiger partial charge in [-0.05, 0) is 36.4 Å². The number of anilines is 1. The SMILES string of the molecule is N#CC(C#N)=NNc1ccccc1C(=O)Oc1ccc(F)cc1. The normalized spacial score (nSPS) is 9.17. The van der Waals surface area contributed by atoms with Gasteiger partial charge in [0.25, 0.3) is 0 Å². The van der Waals surface area contributed by atoms with E-state index in [9.17, 15) is 9.18 Å². The number of halogens is 1. The zero-order valence-electron chi connectivity index (χ0n) is 11.7. The van der Waals surface area contributed by atoms with Crippen molar-refractivity contribution in [3.63, 3.8) is 0 Å². The Morgan fingerprint density at radius 2 is 1.74 bits per heavy atom. The van der Waals surface area contributed by atoms with Crippen LogP contribution in [0.4, 0.5) is 10.1 Å². The highest BCUT2D eigenvalue weighted by molar-refractivity contribution is 6.10. The number of para-hydroxylation sites is 1. The second kappa shape index (κ2) is 7.34. The van der Waals surface area contributed by atoms with Crippen molar-refractivity contribution >= 4 is 17.4 Å². The number of hydrogen-bond donors (Lipinski definition) is 1. The second-order valence-corrected chi connectivity index (χ2v) is 4.18. The summed E-state index contributed by atoms with van der Waals surface area (Å²) in [6.07, 6.45) is 0. The third-order valence-electron chi connectivity index (χ3n) is 2.67. The van der Waals surface area contributed by atoms with Crippen LogP contribution in [-0.2, 0) is 0 Å². The smallest absolute Gasteiger partial charge is 0.345 e. The van der Waals surface area contributed by atoms with Crippen LogP contribution in [0.5, 0.6) is 5.75 Å². The van der Waals surface area contributed by atoms with Crippen molar-refractivity contribution in [1.29, 1.82) is 10.5 Å². The molecule has 2 aromatic rings. The molecule has 23 heavy (non-hydrogen) atoms. The summed E-state index contributed by atoms with van der Waals surface area (Å²) < 4.78 is 18.0. The Morgan fingerprint density at radius 1 is 1.09 bits per heavy atom. The zero-order valence-corrected chi connectivity index (χ0v) is 11.7. The van der Waals surface area contributed by atoms with E-state index >= 15 is 0 Å². The number of hydrazone groups is 1. The predicted octanol–water partition coefficient (Wildman–Crippen LogP) is 2.86. The van der Waals surface area contributed by atoms with Crippen LogP contribution in [0.25, 0.3) is 0 Å². The van der Waals surface area contributed by atoms with E-state index < -0.39 is 11.8 Å². The van der Waals surface area contributed by atoms with Crippen molar-refractivity contribution in [3.05, 3.63) is 59.9 Å². The maximum atomic E-state index is 12.8. The highest BCUT2D eigenvalue weighted by Gasteiger charge is 2.13. The molecule has 0 aromatic heterocycles. The maximum Gasteiger partial charge on any atom is 0.345 e. The molecule has 0 radical (unpaired) electrons. The maximum absolute atomic E-state index is 12.8. The Balaban J connectivity index is 2.21. The largest absolute Gasteiger partial charge is 0.423 e. The molecule has 112 valence electrons. The standard InChI is InChI=1S/C16H9FN4O2/c17-11-5-7-13(8-6-11)23-16(22)14-3-1-2-4-15(14)21-20-12(9-18)10-19/h1-8,21H. The molecule has 6 nitrogen and oxygen atoms in total. The monoisotopic (exact) mass is 308 g/mol. The van der Waals surface area contributed by atoms with Crippen LogP contribution in [0.2, 0.25) is 0 Å². The fraction of sp³-hybridized carbons (Fsp3) is 0. The highest BCUT2D eigenvalue weighted by Crippen LogP contribution is 2.19. The number of carbonyl (C=O) groups excluding carboxylic acids is 1. The van der Waals surface area contributed by atoms with Crippen LogP contribution in [0.3, 0.4) is 0 Å². The quantitative estimate of drug-likeness (QED) is 0.405. The van der Waals surface area contributed by atoms with Crippen LogP contribution < -0.4 is 10.2 Å². The summed E-state index contributed by atoms with van der Waals surface area (Å²) in [5, 5.41) is 20.8. The molecule has 1 N–H and O–H groups in total. The lowest BCUT2D eigenvalue weighted by atomic mass is 10.2. The Labute approximate surface area is 131 Å². The summed E-state index contributed by atoms with van der Waals surface area (Å²) >= 11 is 0. The number of rotatable bonds is 4. The van der Waals surface area contributed by atoms with Gasteiger partial charge in [-0.25, -0.2) is 9.18 Å². The number of nitrogens with one attached hydrogen (secondary N) is 1. The minimum atomic E-state index is -0.689. The minimum Gasteiger partial charge on any atom is -0.423 e. The van der Waals surface area contributed by atoms with Gasteiger partial charge < -0.3 is 4.74 Å². The lowest BCUT2D eigenvalue weighted by molar-refractivity contribution is 0.0735. The lowest BCUT2D eigenvalue weighted by Crippen LogP contribution is -2.11. The van der Waals surface area contributed by atoms with E-state index in [-0.39, 0.29) is 22.7 Å². The van der Waals surface area contributed by atoms with Gasteiger partial charge in [-0.1, -0.05) is 12.1 Å². The highest BCUT2D eigenvalue weighted by atomic mass is 19.1. The van der Waals surface area contributed by atoms with Gasteiger partial charge in [0.2, 0.25) is 5.71 Å². The Hall–Kier alpha value is -3.71. The molecular formula is C16H9FN4O2. The molecule has 0 unspecified atom stereocenters.